The fourth-order valence-corrected chi connectivity index (χ4v) is 10.4. The van der Waals surface area contributed by atoms with E-state index < -0.39 is 55.0 Å². The summed E-state index contributed by atoms with van der Waals surface area (Å²) in [6.07, 6.45) is 0. The van der Waals surface area contributed by atoms with Crippen molar-refractivity contribution in [1.82, 2.24) is 9.97 Å². The third-order valence-electron chi connectivity index (χ3n) is 16.1. The lowest BCUT2D eigenvalue weighted by Crippen LogP contribution is -2.52. The van der Waals surface area contributed by atoms with Crippen LogP contribution in [0.25, 0.3) is 66.2 Å². The maximum atomic E-state index is 6.89. The summed E-state index contributed by atoms with van der Waals surface area (Å²) in [5.74, 6) is 0.643. The average Bonchev–Trinajstić information content (AvgIpc) is 3.80. The lowest BCUT2D eigenvalue weighted by atomic mass is 9.62. The summed E-state index contributed by atoms with van der Waals surface area (Å²) in [6.45, 7) is 20.9. The summed E-state index contributed by atoms with van der Waals surface area (Å²) in [6, 6.07) is 49.2. The van der Waals surface area contributed by atoms with Crippen molar-refractivity contribution in [2.45, 2.75) is 103 Å². The van der Waals surface area contributed by atoms with Gasteiger partial charge in [0.1, 0.15) is 11.2 Å². The molecule has 332 valence electrons. The molecule has 0 amide bonds. The maximum absolute atomic E-state index is 6.89. The lowest BCUT2D eigenvalue weighted by molar-refractivity contribution is -0.0689. The van der Waals surface area contributed by atoms with Crippen molar-refractivity contribution in [3.05, 3.63) is 151 Å². The van der Waals surface area contributed by atoms with Crippen molar-refractivity contribution >= 4 is 70.2 Å². The van der Waals surface area contributed by atoms with E-state index in [0.717, 1.165) is 77.1 Å². The fraction of sp³-hybridized carbons (Fsp3) is 0.286. The molecular weight excluding hydrogens is 829 g/mol. The predicted molar refractivity (Wildman–Crippen MR) is 271 cm³/mol. The standard InChI is InChI=1S/C56H53B3N2O6/c1-51(2)52(3,4)63-57(62-51)38-23-19-34(20-24-38)50-60-48-33-36(21-29-44(48)49(61-50)45-31-37-15-11-12-16-41(37)42-17-13-14-18-43(42)45)35-22-30-46-47(32-35)56(10)55(46,9)66-59(67-56)40-27-25-39(26-28-40)58-64-53(5,6)54(7,8)65-58/h11-33H,1-10H3. The number of rotatable bonds is 6. The second kappa shape index (κ2) is 14.4. The molecule has 0 saturated carbocycles. The van der Waals surface area contributed by atoms with Gasteiger partial charge in [-0.25, -0.2) is 9.97 Å². The van der Waals surface area contributed by atoms with Crippen LogP contribution in [0.5, 0.6) is 0 Å². The zero-order chi connectivity index (χ0) is 46.5. The van der Waals surface area contributed by atoms with Gasteiger partial charge >= 0.3 is 21.4 Å². The quantitative estimate of drug-likeness (QED) is 0.121. The summed E-state index contributed by atoms with van der Waals surface area (Å²) in [7, 11) is -1.44. The Hall–Kier alpha value is -5.65. The summed E-state index contributed by atoms with van der Waals surface area (Å²) >= 11 is 0. The summed E-state index contributed by atoms with van der Waals surface area (Å²) in [5, 5.41) is 5.68. The number of hydrogen-bond donors (Lipinski definition) is 0. The Morgan fingerprint density at radius 2 is 0.836 bits per heavy atom. The van der Waals surface area contributed by atoms with Gasteiger partial charge in [-0.1, -0.05) is 115 Å². The Labute approximate surface area is 393 Å². The molecule has 1 aliphatic carbocycles. The second-order valence-electron chi connectivity index (χ2n) is 21.2. The van der Waals surface area contributed by atoms with E-state index in [1.54, 1.807) is 0 Å². The average molecular weight is 882 g/mol. The van der Waals surface area contributed by atoms with Gasteiger partial charge in [-0.3, -0.25) is 0 Å². The fourth-order valence-electron chi connectivity index (χ4n) is 10.4. The third kappa shape index (κ3) is 6.39. The molecule has 3 saturated heterocycles. The van der Waals surface area contributed by atoms with Gasteiger partial charge < -0.3 is 27.9 Å². The Morgan fingerprint density at radius 1 is 0.373 bits per heavy atom. The van der Waals surface area contributed by atoms with Gasteiger partial charge in [0.25, 0.3) is 0 Å². The molecule has 0 radical (unpaired) electrons. The van der Waals surface area contributed by atoms with Gasteiger partial charge in [0, 0.05) is 16.5 Å². The molecule has 8 aromatic rings. The molecule has 1 aromatic heterocycles. The Morgan fingerprint density at radius 3 is 1.43 bits per heavy atom. The first-order valence-electron chi connectivity index (χ1n) is 23.5. The molecule has 3 aliphatic heterocycles. The number of fused-ring (bicyclic) bond motifs is 8. The van der Waals surface area contributed by atoms with Crippen LogP contribution in [-0.2, 0) is 39.1 Å². The van der Waals surface area contributed by atoms with Gasteiger partial charge in [0.15, 0.2) is 5.82 Å². The molecule has 12 rings (SSSR count). The van der Waals surface area contributed by atoms with Crippen LogP contribution < -0.4 is 16.4 Å². The smallest absolute Gasteiger partial charge is 0.399 e. The number of hydrogen-bond acceptors (Lipinski definition) is 8. The van der Waals surface area contributed by atoms with E-state index in [2.05, 4.69) is 209 Å². The first-order chi connectivity index (χ1) is 31.8. The Balaban J connectivity index is 0.907. The molecule has 4 heterocycles. The van der Waals surface area contributed by atoms with Crippen molar-refractivity contribution in [2.75, 3.05) is 0 Å². The van der Waals surface area contributed by atoms with Crippen molar-refractivity contribution in [1.29, 1.82) is 0 Å². The zero-order valence-corrected chi connectivity index (χ0v) is 39.9. The van der Waals surface area contributed by atoms with E-state index in [-0.39, 0.29) is 0 Å². The van der Waals surface area contributed by atoms with Crippen LogP contribution in [0.1, 0.15) is 80.4 Å². The molecule has 2 atom stereocenters. The van der Waals surface area contributed by atoms with Crippen molar-refractivity contribution in [3.63, 3.8) is 0 Å². The van der Waals surface area contributed by atoms with Gasteiger partial charge in [-0.2, -0.15) is 0 Å². The Bertz CT molecular complexity index is 3310. The molecule has 0 bridgehead atoms. The topological polar surface area (TPSA) is 81.2 Å². The van der Waals surface area contributed by atoms with Gasteiger partial charge in [0.05, 0.1) is 33.6 Å². The molecule has 3 fully saturated rings. The van der Waals surface area contributed by atoms with E-state index in [9.17, 15) is 0 Å². The van der Waals surface area contributed by atoms with E-state index in [4.69, 9.17) is 37.9 Å². The molecule has 67 heavy (non-hydrogen) atoms. The van der Waals surface area contributed by atoms with Gasteiger partial charge in [-0.05, 0) is 154 Å². The molecule has 11 heteroatoms. The van der Waals surface area contributed by atoms with E-state index in [1.165, 1.54) is 10.8 Å². The molecule has 0 spiro atoms. The summed E-state index contributed by atoms with van der Waals surface area (Å²) in [4.78, 5) is 10.7. The van der Waals surface area contributed by atoms with Crippen molar-refractivity contribution < 1.29 is 27.9 Å². The van der Waals surface area contributed by atoms with E-state index >= 15 is 0 Å². The largest absolute Gasteiger partial charge is 0.495 e. The van der Waals surface area contributed by atoms with Crippen LogP contribution in [0.3, 0.4) is 0 Å². The number of benzene rings is 7. The van der Waals surface area contributed by atoms with Crippen LogP contribution in [-0.4, -0.2) is 53.7 Å². The molecular formula is C56H53B3N2O6. The van der Waals surface area contributed by atoms with Crippen LogP contribution in [0.2, 0.25) is 0 Å². The molecule has 7 aromatic carbocycles. The molecule has 4 aliphatic rings. The number of nitrogens with zero attached hydrogens (tertiary/aromatic N) is 2. The highest BCUT2D eigenvalue weighted by Crippen LogP contribution is 2.62. The highest BCUT2D eigenvalue weighted by atomic mass is 16.7. The monoisotopic (exact) mass is 882 g/mol. The van der Waals surface area contributed by atoms with Crippen molar-refractivity contribution in [2.24, 2.45) is 0 Å². The minimum Gasteiger partial charge on any atom is -0.399 e. The normalized spacial score (nSPS) is 23.2. The van der Waals surface area contributed by atoms with Gasteiger partial charge in [0.2, 0.25) is 0 Å². The highest BCUT2D eigenvalue weighted by Gasteiger charge is 2.67. The minimum atomic E-state index is -0.657. The highest BCUT2D eigenvalue weighted by molar-refractivity contribution is 6.64. The van der Waals surface area contributed by atoms with Crippen LogP contribution in [0.15, 0.2) is 140 Å². The van der Waals surface area contributed by atoms with Crippen molar-refractivity contribution in [3.8, 4) is 33.8 Å². The number of aromatic nitrogens is 2. The summed E-state index contributed by atoms with van der Waals surface area (Å²) in [5.41, 5.74) is 8.00. The summed E-state index contributed by atoms with van der Waals surface area (Å²) < 4.78 is 39.1. The van der Waals surface area contributed by atoms with Crippen LogP contribution in [0, 0.1) is 0 Å². The molecule has 2 unspecified atom stereocenters. The van der Waals surface area contributed by atoms with E-state index in [1.807, 2.05) is 0 Å². The molecule has 0 N–H and O–H groups in total. The van der Waals surface area contributed by atoms with E-state index in [0.29, 0.717) is 5.82 Å². The minimum absolute atomic E-state index is 0.412. The van der Waals surface area contributed by atoms with Crippen LogP contribution >= 0.6 is 0 Å². The second-order valence-corrected chi connectivity index (χ2v) is 21.2. The predicted octanol–water partition coefficient (Wildman–Crippen LogP) is 10.4. The first kappa shape index (κ1) is 42.7. The Kier molecular flexibility index (Phi) is 9.20. The third-order valence-corrected chi connectivity index (χ3v) is 16.1. The SMILES string of the molecule is CC1(C)OB(c2ccc(B3OC4(C)c5ccc(-c6ccc7c(-c8cc9ccccc9c9ccccc89)nc(-c8ccc(B9OC(C)(C)C(C)(C)O9)cc8)nc7c6)cc5C4(C)O3)cc2)OC1(C)C. The van der Waals surface area contributed by atoms with Crippen LogP contribution in [0.4, 0.5) is 0 Å². The lowest BCUT2D eigenvalue weighted by Gasteiger charge is -2.51. The maximum Gasteiger partial charge on any atom is 0.495 e. The molecule has 8 nitrogen and oxygen atoms in total. The zero-order valence-electron chi connectivity index (χ0n) is 39.9. The van der Waals surface area contributed by atoms with Gasteiger partial charge in [-0.15, -0.1) is 0 Å². The first-order valence-corrected chi connectivity index (χ1v) is 23.5.